The number of carbonyl (C=O) groups is 1. The molecule has 2 aliphatic rings. The number of carbonyl (C=O) groups excluding carboxylic acids is 1. The van der Waals surface area contributed by atoms with E-state index in [4.69, 9.17) is 0 Å². The van der Waals surface area contributed by atoms with Crippen molar-refractivity contribution in [3.05, 3.63) is 12.4 Å². The van der Waals surface area contributed by atoms with E-state index in [2.05, 4.69) is 0 Å². The number of hydrogen-bond acceptors (Lipinski definition) is 2. The molecule has 0 aromatic carbocycles. The lowest BCUT2D eigenvalue weighted by atomic mass is 10.1. The van der Waals surface area contributed by atoms with E-state index in [9.17, 15) is 4.79 Å². The Bertz CT molecular complexity index is 246. The fourth-order valence-corrected chi connectivity index (χ4v) is 1.92. The van der Waals surface area contributed by atoms with E-state index in [0.717, 1.165) is 25.9 Å². The number of hydrogen-bond donors (Lipinski definition) is 0. The molecule has 4 nitrogen and oxygen atoms in total. The minimum absolute atomic E-state index is 0.158. The monoisotopic (exact) mass is 195 g/mol. The van der Waals surface area contributed by atoms with Gasteiger partial charge in [0.05, 0.1) is 6.67 Å². The van der Waals surface area contributed by atoms with Gasteiger partial charge in [-0.3, -0.25) is 4.90 Å². The van der Waals surface area contributed by atoms with Crippen LogP contribution in [0, 0.1) is 0 Å². The lowest BCUT2D eigenvalue weighted by Gasteiger charge is -2.30. The number of nitrogens with zero attached hydrogens (tertiary/aromatic N) is 3. The molecule has 14 heavy (non-hydrogen) atoms. The summed E-state index contributed by atoms with van der Waals surface area (Å²) in [6.45, 7) is 2.54. The van der Waals surface area contributed by atoms with Crippen LogP contribution in [0.2, 0.25) is 0 Å². The van der Waals surface area contributed by atoms with E-state index in [1.54, 1.807) is 4.90 Å². The second kappa shape index (κ2) is 3.90. The third-order valence-electron chi connectivity index (χ3n) is 2.75. The molecule has 0 spiro atoms. The summed E-state index contributed by atoms with van der Waals surface area (Å²) in [5.41, 5.74) is 0. The average molecular weight is 195 g/mol. The van der Waals surface area contributed by atoms with Gasteiger partial charge in [0.15, 0.2) is 0 Å². The zero-order chi connectivity index (χ0) is 9.97. The van der Waals surface area contributed by atoms with E-state index in [-0.39, 0.29) is 6.03 Å². The predicted molar refractivity (Wildman–Crippen MR) is 54.4 cm³/mol. The Morgan fingerprint density at radius 2 is 1.86 bits per heavy atom. The Hall–Kier alpha value is -1.19. The highest BCUT2D eigenvalue weighted by atomic mass is 16.2. The largest absolute Gasteiger partial charge is 0.361 e. The van der Waals surface area contributed by atoms with Gasteiger partial charge in [0.2, 0.25) is 0 Å². The molecule has 2 rings (SSSR count). The summed E-state index contributed by atoms with van der Waals surface area (Å²) in [6.07, 6.45) is 7.36. The first-order valence-electron chi connectivity index (χ1n) is 5.21. The van der Waals surface area contributed by atoms with Gasteiger partial charge in [-0.15, -0.1) is 0 Å². The zero-order valence-corrected chi connectivity index (χ0v) is 8.65. The highest BCUT2D eigenvalue weighted by Gasteiger charge is 2.23. The van der Waals surface area contributed by atoms with Crippen molar-refractivity contribution in [1.29, 1.82) is 0 Å². The van der Waals surface area contributed by atoms with E-state index >= 15 is 0 Å². The molecule has 0 unspecified atom stereocenters. The van der Waals surface area contributed by atoms with Gasteiger partial charge < -0.3 is 9.80 Å². The molecule has 2 amide bonds. The molecule has 0 saturated carbocycles. The van der Waals surface area contributed by atoms with Gasteiger partial charge in [0.1, 0.15) is 0 Å². The number of likely N-dealkylation sites (tertiary alicyclic amines) is 1. The Balaban J connectivity index is 1.91. The molecule has 0 aromatic rings. The second-order valence-corrected chi connectivity index (χ2v) is 4.00. The summed E-state index contributed by atoms with van der Waals surface area (Å²) >= 11 is 0. The maximum atomic E-state index is 11.9. The summed E-state index contributed by atoms with van der Waals surface area (Å²) in [4.78, 5) is 17.6. The fraction of sp³-hybridized carbons (Fsp3) is 0.700. The van der Waals surface area contributed by atoms with Gasteiger partial charge in [-0.1, -0.05) is 0 Å². The molecule has 0 radical (unpaired) electrons. The fourth-order valence-electron chi connectivity index (χ4n) is 1.92. The first-order valence-corrected chi connectivity index (χ1v) is 5.21. The SMILES string of the molecule is CN1C=CN(C(=O)N2CCCCC2)C1. The van der Waals surface area contributed by atoms with Crippen molar-refractivity contribution < 1.29 is 4.79 Å². The smallest absolute Gasteiger partial charge is 0.325 e. The van der Waals surface area contributed by atoms with Crippen LogP contribution in [-0.4, -0.2) is 47.5 Å². The molecule has 1 fully saturated rings. The standard InChI is InChI=1S/C10H17N3O/c1-11-7-8-13(9-11)10(14)12-5-3-2-4-6-12/h7-8H,2-6,9H2,1H3. The van der Waals surface area contributed by atoms with Crippen molar-refractivity contribution in [1.82, 2.24) is 14.7 Å². The number of urea groups is 1. The maximum Gasteiger partial charge on any atom is 0.325 e. The Labute approximate surface area is 84.8 Å². The van der Waals surface area contributed by atoms with E-state index in [1.807, 2.05) is 29.2 Å². The molecule has 0 aromatic heterocycles. The Morgan fingerprint density at radius 1 is 1.14 bits per heavy atom. The topological polar surface area (TPSA) is 26.8 Å². The van der Waals surface area contributed by atoms with Crippen LogP contribution in [-0.2, 0) is 0 Å². The highest BCUT2D eigenvalue weighted by Crippen LogP contribution is 2.13. The predicted octanol–water partition coefficient (Wildman–Crippen LogP) is 1.27. The summed E-state index contributed by atoms with van der Waals surface area (Å²) < 4.78 is 0. The average Bonchev–Trinajstić information content (AvgIpc) is 2.65. The van der Waals surface area contributed by atoms with Crippen LogP contribution >= 0.6 is 0 Å². The van der Waals surface area contributed by atoms with Crippen LogP contribution in [0.15, 0.2) is 12.4 Å². The van der Waals surface area contributed by atoms with Gasteiger partial charge in [-0.05, 0) is 19.3 Å². The van der Waals surface area contributed by atoms with E-state index in [1.165, 1.54) is 6.42 Å². The van der Waals surface area contributed by atoms with Gasteiger partial charge in [-0.25, -0.2) is 4.79 Å². The second-order valence-electron chi connectivity index (χ2n) is 4.00. The molecule has 0 bridgehead atoms. The van der Waals surface area contributed by atoms with E-state index in [0.29, 0.717) is 6.67 Å². The van der Waals surface area contributed by atoms with Gasteiger partial charge in [0.25, 0.3) is 0 Å². The van der Waals surface area contributed by atoms with Crippen molar-refractivity contribution in [2.45, 2.75) is 19.3 Å². The quantitative estimate of drug-likeness (QED) is 0.582. The number of rotatable bonds is 0. The van der Waals surface area contributed by atoms with Crippen molar-refractivity contribution >= 4 is 6.03 Å². The number of amides is 2. The van der Waals surface area contributed by atoms with Crippen LogP contribution in [0.25, 0.3) is 0 Å². The third-order valence-corrected chi connectivity index (χ3v) is 2.75. The molecular weight excluding hydrogens is 178 g/mol. The van der Waals surface area contributed by atoms with Crippen molar-refractivity contribution in [3.8, 4) is 0 Å². The lowest BCUT2D eigenvalue weighted by molar-refractivity contribution is 0.153. The lowest BCUT2D eigenvalue weighted by Crippen LogP contribution is -2.43. The molecule has 0 atom stereocenters. The number of piperidine rings is 1. The summed E-state index contributed by atoms with van der Waals surface area (Å²) in [5.74, 6) is 0. The van der Waals surface area contributed by atoms with Gasteiger partial charge in [-0.2, -0.15) is 0 Å². The Kier molecular flexibility index (Phi) is 2.61. The van der Waals surface area contributed by atoms with Crippen LogP contribution in [0.4, 0.5) is 4.79 Å². The molecule has 2 aliphatic heterocycles. The normalized spacial score (nSPS) is 21.9. The molecule has 0 aliphatic carbocycles. The highest BCUT2D eigenvalue weighted by molar-refractivity contribution is 5.75. The maximum absolute atomic E-state index is 11.9. The minimum atomic E-state index is 0.158. The zero-order valence-electron chi connectivity index (χ0n) is 8.65. The summed E-state index contributed by atoms with van der Waals surface area (Å²) in [6, 6.07) is 0.158. The first kappa shape index (κ1) is 9.37. The first-order chi connectivity index (χ1) is 6.77. The molecule has 4 heteroatoms. The molecule has 2 heterocycles. The molecular formula is C10H17N3O. The van der Waals surface area contributed by atoms with Crippen molar-refractivity contribution in [3.63, 3.8) is 0 Å². The summed E-state index contributed by atoms with van der Waals surface area (Å²) in [7, 11) is 1.97. The molecule has 78 valence electrons. The minimum Gasteiger partial charge on any atom is -0.361 e. The molecule has 0 N–H and O–H groups in total. The van der Waals surface area contributed by atoms with Gasteiger partial charge >= 0.3 is 6.03 Å². The summed E-state index contributed by atoms with van der Waals surface area (Å²) in [5, 5.41) is 0. The van der Waals surface area contributed by atoms with Crippen LogP contribution < -0.4 is 0 Å². The van der Waals surface area contributed by atoms with Crippen LogP contribution in [0.5, 0.6) is 0 Å². The Morgan fingerprint density at radius 3 is 2.43 bits per heavy atom. The van der Waals surface area contributed by atoms with E-state index < -0.39 is 0 Å². The van der Waals surface area contributed by atoms with Crippen LogP contribution in [0.3, 0.4) is 0 Å². The van der Waals surface area contributed by atoms with Crippen LogP contribution in [0.1, 0.15) is 19.3 Å². The third kappa shape index (κ3) is 1.84. The van der Waals surface area contributed by atoms with Crippen molar-refractivity contribution in [2.75, 3.05) is 26.8 Å². The van der Waals surface area contributed by atoms with Crippen molar-refractivity contribution in [2.24, 2.45) is 0 Å². The van der Waals surface area contributed by atoms with Gasteiger partial charge in [0, 0.05) is 32.5 Å². The molecule has 1 saturated heterocycles.